The predicted octanol–water partition coefficient (Wildman–Crippen LogP) is 2.86. The average Bonchev–Trinajstić information content (AvgIpc) is 2.70. The molecule has 1 atom stereocenters. The fourth-order valence-corrected chi connectivity index (χ4v) is 1.98. The number of hydrogen-bond donors (Lipinski definition) is 2. The summed E-state index contributed by atoms with van der Waals surface area (Å²) >= 11 is 1.54. The molecule has 0 spiro atoms. The Hall–Kier alpha value is -1.10. The Balaban J connectivity index is 2.38. The molecule has 0 radical (unpaired) electrons. The molecule has 2 N–H and O–H groups in total. The fraction of sp³-hybridized carbons (Fsp3) is 0.667. The van der Waals surface area contributed by atoms with E-state index < -0.39 is 5.97 Å². The maximum Gasteiger partial charge on any atom is 0.303 e. The van der Waals surface area contributed by atoms with E-state index in [1.807, 2.05) is 5.38 Å². The van der Waals surface area contributed by atoms with Crippen LogP contribution in [0.3, 0.4) is 0 Å². The summed E-state index contributed by atoms with van der Waals surface area (Å²) in [5.41, 5.74) is 0.858. The number of anilines is 1. The maximum absolute atomic E-state index is 10.4. The zero-order valence-corrected chi connectivity index (χ0v) is 11.4. The van der Waals surface area contributed by atoms with Crippen LogP contribution in [0.2, 0.25) is 0 Å². The molecule has 0 saturated heterocycles. The third kappa shape index (κ3) is 5.17. The number of aliphatic carboxylic acids is 1. The summed E-state index contributed by atoms with van der Waals surface area (Å²) in [6, 6.07) is 0. The molecule has 17 heavy (non-hydrogen) atoms. The minimum absolute atomic E-state index is 0.144. The molecule has 96 valence electrons. The first-order chi connectivity index (χ1) is 7.99. The Morgan fingerprint density at radius 1 is 1.53 bits per heavy atom. The Morgan fingerprint density at radius 3 is 2.82 bits per heavy atom. The number of aromatic nitrogens is 1. The SMILES string of the molecule is CC(C)C(C)CNc1nc(CCC(=O)O)cs1. The molecule has 0 aliphatic heterocycles. The Labute approximate surface area is 106 Å². The van der Waals surface area contributed by atoms with Crippen molar-refractivity contribution in [1.29, 1.82) is 0 Å². The van der Waals surface area contributed by atoms with E-state index in [4.69, 9.17) is 5.11 Å². The molecule has 0 aliphatic carbocycles. The van der Waals surface area contributed by atoms with Gasteiger partial charge in [0.2, 0.25) is 0 Å². The second-order valence-electron chi connectivity index (χ2n) is 4.64. The first kappa shape index (κ1) is 14.0. The number of rotatable bonds is 7. The number of carbonyl (C=O) groups is 1. The van der Waals surface area contributed by atoms with Gasteiger partial charge in [-0.2, -0.15) is 0 Å². The monoisotopic (exact) mass is 256 g/mol. The molecule has 1 rings (SSSR count). The zero-order chi connectivity index (χ0) is 12.8. The van der Waals surface area contributed by atoms with Crippen LogP contribution >= 0.6 is 11.3 Å². The number of carboxylic acid groups (broad SMARTS) is 1. The van der Waals surface area contributed by atoms with Gasteiger partial charge in [0, 0.05) is 18.3 Å². The van der Waals surface area contributed by atoms with Gasteiger partial charge in [0.15, 0.2) is 5.13 Å². The quantitative estimate of drug-likeness (QED) is 0.787. The molecule has 1 heterocycles. The lowest BCUT2D eigenvalue weighted by atomic mass is 9.98. The normalized spacial score (nSPS) is 12.7. The molecule has 5 heteroatoms. The summed E-state index contributed by atoms with van der Waals surface area (Å²) in [4.78, 5) is 14.8. The van der Waals surface area contributed by atoms with Crippen molar-refractivity contribution in [1.82, 2.24) is 4.98 Å². The van der Waals surface area contributed by atoms with Gasteiger partial charge >= 0.3 is 5.97 Å². The number of thiazole rings is 1. The van der Waals surface area contributed by atoms with E-state index in [0.29, 0.717) is 18.3 Å². The van der Waals surface area contributed by atoms with Gasteiger partial charge in [0.1, 0.15) is 0 Å². The minimum atomic E-state index is -0.777. The van der Waals surface area contributed by atoms with Crippen LogP contribution in [0.25, 0.3) is 0 Å². The summed E-state index contributed by atoms with van der Waals surface area (Å²) < 4.78 is 0. The molecular formula is C12H20N2O2S. The van der Waals surface area contributed by atoms with Crippen molar-refractivity contribution in [2.75, 3.05) is 11.9 Å². The van der Waals surface area contributed by atoms with Crippen LogP contribution in [0.4, 0.5) is 5.13 Å². The van der Waals surface area contributed by atoms with Crippen LogP contribution < -0.4 is 5.32 Å². The lowest BCUT2D eigenvalue weighted by molar-refractivity contribution is -0.136. The highest BCUT2D eigenvalue weighted by molar-refractivity contribution is 7.13. The van der Waals surface area contributed by atoms with E-state index in [1.165, 1.54) is 11.3 Å². The third-order valence-corrected chi connectivity index (χ3v) is 3.71. The first-order valence-electron chi connectivity index (χ1n) is 5.89. The van der Waals surface area contributed by atoms with E-state index in [0.717, 1.165) is 17.4 Å². The zero-order valence-electron chi connectivity index (χ0n) is 10.6. The van der Waals surface area contributed by atoms with Crippen molar-refractivity contribution in [2.24, 2.45) is 11.8 Å². The molecule has 0 bridgehead atoms. The summed E-state index contributed by atoms with van der Waals surface area (Å²) in [6.45, 7) is 7.51. The van der Waals surface area contributed by atoms with Gasteiger partial charge in [-0.25, -0.2) is 4.98 Å². The highest BCUT2D eigenvalue weighted by Gasteiger charge is 2.08. The van der Waals surface area contributed by atoms with Crippen LogP contribution in [-0.4, -0.2) is 22.6 Å². The maximum atomic E-state index is 10.4. The van der Waals surface area contributed by atoms with Crippen LogP contribution in [0.15, 0.2) is 5.38 Å². The standard InChI is InChI=1S/C12H20N2O2S/c1-8(2)9(3)6-13-12-14-10(7-17-12)4-5-11(15)16/h7-9H,4-6H2,1-3H3,(H,13,14)(H,15,16). The van der Waals surface area contributed by atoms with Gasteiger partial charge in [0.25, 0.3) is 0 Å². The van der Waals surface area contributed by atoms with E-state index in [-0.39, 0.29) is 6.42 Å². The molecule has 0 amide bonds. The summed E-state index contributed by atoms with van der Waals surface area (Å²) in [7, 11) is 0. The van der Waals surface area contributed by atoms with Crippen molar-refractivity contribution >= 4 is 22.4 Å². The second kappa shape index (κ2) is 6.59. The summed E-state index contributed by atoms with van der Waals surface area (Å²) in [6.07, 6.45) is 0.652. The van der Waals surface area contributed by atoms with Crippen LogP contribution in [0.5, 0.6) is 0 Å². The van der Waals surface area contributed by atoms with E-state index in [2.05, 4.69) is 31.1 Å². The van der Waals surface area contributed by atoms with Crippen LogP contribution in [-0.2, 0) is 11.2 Å². The predicted molar refractivity (Wildman–Crippen MR) is 70.6 cm³/mol. The van der Waals surface area contributed by atoms with Crippen molar-refractivity contribution in [3.05, 3.63) is 11.1 Å². The Bertz CT molecular complexity index is 363. The number of carboxylic acids is 1. The van der Waals surface area contributed by atoms with Gasteiger partial charge in [-0.1, -0.05) is 20.8 Å². The third-order valence-electron chi connectivity index (χ3n) is 2.86. The first-order valence-corrected chi connectivity index (χ1v) is 6.77. The molecule has 1 unspecified atom stereocenters. The van der Waals surface area contributed by atoms with Gasteiger partial charge in [-0.15, -0.1) is 11.3 Å². The number of hydrogen-bond acceptors (Lipinski definition) is 4. The van der Waals surface area contributed by atoms with Crippen LogP contribution in [0, 0.1) is 11.8 Å². The van der Waals surface area contributed by atoms with Crippen molar-refractivity contribution in [3.63, 3.8) is 0 Å². The molecule has 1 aromatic heterocycles. The van der Waals surface area contributed by atoms with Gasteiger partial charge < -0.3 is 10.4 Å². The average molecular weight is 256 g/mol. The van der Waals surface area contributed by atoms with Crippen molar-refractivity contribution in [2.45, 2.75) is 33.6 Å². The molecule has 0 saturated carbocycles. The van der Waals surface area contributed by atoms with Crippen LogP contribution in [0.1, 0.15) is 32.9 Å². The second-order valence-corrected chi connectivity index (χ2v) is 5.50. The van der Waals surface area contributed by atoms with E-state index in [9.17, 15) is 4.79 Å². The molecule has 0 aromatic carbocycles. The van der Waals surface area contributed by atoms with E-state index >= 15 is 0 Å². The Morgan fingerprint density at radius 2 is 2.24 bits per heavy atom. The summed E-state index contributed by atoms with van der Waals surface area (Å²) in [5, 5.41) is 14.7. The molecule has 4 nitrogen and oxygen atoms in total. The number of nitrogens with zero attached hydrogens (tertiary/aromatic N) is 1. The van der Waals surface area contributed by atoms with Crippen molar-refractivity contribution in [3.8, 4) is 0 Å². The van der Waals surface area contributed by atoms with Gasteiger partial charge in [-0.3, -0.25) is 4.79 Å². The lowest BCUT2D eigenvalue weighted by Gasteiger charge is -2.15. The highest BCUT2D eigenvalue weighted by Crippen LogP contribution is 2.18. The minimum Gasteiger partial charge on any atom is -0.481 e. The smallest absolute Gasteiger partial charge is 0.303 e. The van der Waals surface area contributed by atoms with Crippen molar-refractivity contribution < 1.29 is 9.90 Å². The Kier molecular flexibility index (Phi) is 5.41. The van der Waals surface area contributed by atoms with Gasteiger partial charge in [-0.05, 0) is 11.8 Å². The van der Waals surface area contributed by atoms with E-state index in [1.54, 1.807) is 0 Å². The summed E-state index contributed by atoms with van der Waals surface area (Å²) in [5.74, 6) is 0.469. The molecule has 0 fully saturated rings. The molecule has 0 aliphatic rings. The highest BCUT2D eigenvalue weighted by atomic mass is 32.1. The lowest BCUT2D eigenvalue weighted by Crippen LogP contribution is -2.16. The number of aryl methyl sites for hydroxylation is 1. The largest absolute Gasteiger partial charge is 0.481 e. The fourth-order valence-electron chi connectivity index (χ4n) is 1.22. The molecule has 1 aromatic rings. The molecular weight excluding hydrogens is 236 g/mol. The topological polar surface area (TPSA) is 62.2 Å². The number of nitrogens with one attached hydrogen (secondary N) is 1. The van der Waals surface area contributed by atoms with Gasteiger partial charge in [0.05, 0.1) is 12.1 Å².